The number of benzene rings is 2. The van der Waals surface area contributed by atoms with Gasteiger partial charge in [0.15, 0.2) is 5.78 Å². The molecule has 0 saturated heterocycles. The summed E-state index contributed by atoms with van der Waals surface area (Å²) in [5, 5.41) is 3.65. The molecule has 0 bridgehead atoms. The summed E-state index contributed by atoms with van der Waals surface area (Å²) in [5.74, 6) is -0.507. The molecular formula is C19H17FN2O2. The molecule has 0 aliphatic heterocycles. The Morgan fingerprint density at radius 2 is 1.79 bits per heavy atom. The maximum Gasteiger partial charge on any atom is 0.240 e. The summed E-state index contributed by atoms with van der Waals surface area (Å²) >= 11 is 0. The second-order valence-corrected chi connectivity index (χ2v) is 5.65. The third-order valence-corrected chi connectivity index (χ3v) is 3.88. The Balaban J connectivity index is 1.73. The summed E-state index contributed by atoms with van der Waals surface area (Å²) in [7, 11) is 0. The first-order valence-corrected chi connectivity index (χ1v) is 7.64. The smallest absolute Gasteiger partial charge is 0.240 e. The van der Waals surface area contributed by atoms with Crippen molar-refractivity contribution in [1.29, 1.82) is 0 Å². The van der Waals surface area contributed by atoms with E-state index in [1.54, 1.807) is 22.9 Å². The molecule has 0 fully saturated rings. The predicted octanol–water partition coefficient (Wildman–Crippen LogP) is 3.30. The van der Waals surface area contributed by atoms with E-state index in [4.69, 9.17) is 0 Å². The van der Waals surface area contributed by atoms with Crippen LogP contribution in [-0.2, 0) is 17.9 Å². The van der Waals surface area contributed by atoms with Crippen LogP contribution in [0.4, 0.5) is 4.39 Å². The van der Waals surface area contributed by atoms with Gasteiger partial charge in [0.25, 0.3) is 0 Å². The van der Waals surface area contributed by atoms with E-state index in [1.165, 1.54) is 19.1 Å². The fourth-order valence-corrected chi connectivity index (χ4v) is 2.67. The normalized spacial score (nSPS) is 10.8. The van der Waals surface area contributed by atoms with E-state index in [1.807, 2.05) is 24.3 Å². The van der Waals surface area contributed by atoms with Crippen molar-refractivity contribution >= 4 is 22.6 Å². The van der Waals surface area contributed by atoms with Crippen LogP contribution in [0.5, 0.6) is 0 Å². The summed E-state index contributed by atoms with van der Waals surface area (Å²) in [4.78, 5) is 23.9. The van der Waals surface area contributed by atoms with Gasteiger partial charge in [-0.3, -0.25) is 9.59 Å². The summed E-state index contributed by atoms with van der Waals surface area (Å²) < 4.78 is 14.6. The van der Waals surface area contributed by atoms with Gasteiger partial charge in [-0.05, 0) is 30.7 Å². The minimum Gasteiger partial charge on any atom is -0.350 e. The molecule has 1 aromatic heterocycles. The molecule has 4 nitrogen and oxygen atoms in total. The van der Waals surface area contributed by atoms with Crippen LogP contribution in [0.1, 0.15) is 22.8 Å². The van der Waals surface area contributed by atoms with Crippen LogP contribution in [0, 0.1) is 5.82 Å². The number of hydrogen-bond acceptors (Lipinski definition) is 2. The number of amides is 1. The van der Waals surface area contributed by atoms with E-state index in [-0.39, 0.29) is 24.1 Å². The first-order chi connectivity index (χ1) is 11.5. The summed E-state index contributed by atoms with van der Waals surface area (Å²) in [6.07, 6.45) is 1.71. The molecule has 0 aliphatic carbocycles. The lowest BCUT2D eigenvalue weighted by molar-refractivity contribution is -0.121. The van der Waals surface area contributed by atoms with E-state index >= 15 is 0 Å². The van der Waals surface area contributed by atoms with E-state index < -0.39 is 0 Å². The van der Waals surface area contributed by atoms with Gasteiger partial charge in [0.1, 0.15) is 12.4 Å². The number of halogens is 1. The van der Waals surface area contributed by atoms with Crippen molar-refractivity contribution in [1.82, 2.24) is 9.88 Å². The minimum atomic E-state index is -0.305. The number of fused-ring (bicyclic) bond motifs is 1. The lowest BCUT2D eigenvalue weighted by Gasteiger charge is -2.07. The number of rotatable bonds is 5. The van der Waals surface area contributed by atoms with E-state index in [2.05, 4.69) is 5.32 Å². The number of aromatic nitrogens is 1. The number of Topliss-reactive ketones (excluding diaryl/α,β-unsaturated/α-hetero) is 1. The van der Waals surface area contributed by atoms with Crippen LogP contribution in [0.2, 0.25) is 0 Å². The summed E-state index contributed by atoms with van der Waals surface area (Å²) in [5.41, 5.74) is 2.28. The largest absolute Gasteiger partial charge is 0.350 e. The molecule has 24 heavy (non-hydrogen) atoms. The predicted molar refractivity (Wildman–Crippen MR) is 90.2 cm³/mol. The molecule has 0 aliphatic rings. The van der Waals surface area contributed by atoms with Crippen molar-refractivity contribution in [3.05, 3.63) is 71.7 Å². The molecule has 1 amide bonds. The van der Waals surface area contributed by atoms with Crippen LogP contribution < -0.4 is 5.32 Å². The number of carbonyl (C=O) groups excluding carboxylic acids is 2. The van der Waals surface area contributed by atoms with E-state index in [0.29, 0.717) is 12.1 Å². The average molecular weight is 324 g/mol. The second kappa shape index (κ2) is 6.66. The lowest BCUT2D eigenvalue weighted by Crippen LogP contribution is -2.26. The molecule has 122 valence electrons. The first kappa shape index (κ1) is 15.9. The number of para-hydroxylation sites is 1. The molecule has 0 saturated carbocycles. The van der Waals surface area contributed by atoms with Crippen LogP contribution in [-0.4, -0.2) is 16.3 Å². The van der Waals surface area contributed by atoms with Gasteiger partial charge in [-0.25, -0.2) is 4.39 Å². The minimum absolute atomic E-state index is 0.0309. The number of hydrogen-bond donors (Lipinski definition) is 1. The highest BCUT2D eigenvalue weighted by molar-refractivity contribution is 6.07. The van der Waals surface area contributed by atoms with E-state index in [9.17, 15) is 14.0 Å². The Morgan fingerprint density at radius 1 is 1.08 bits per heavy atom. The van der Waals surface area contributed by atoms with Crippen LogP contribution in [0.15, 0.2) is 54.7 Å². The zero-order chi connectivity index (χ0) is 17.1. The highest BCUT2D eigenvalue weighted by Gasteiger charge is 2.13. The van der Waals surface area contributed by atoms with Gasteiger partial charge in [-0.2, -0.15) is 0 Å². The molecule has 0 spiro atoms. The van der Waals surface area contributed by atoms with Gasteiger partial charge in [0, 0.05) is 29.2 Å². The van der Waals surface area contributed by atoms with E-state index in [0.717, 1.165) is 16.5 Å². The van der Waals surface area contributed by atoms with Crippen LogP contribution >= 0.6 is 0 Å². The van der Waals surface area contributed by atoms with Gasteiger partial charge in [0.05, 0.1) is 0 Å². The van der Waals surface area contributed by atoms with Crippen molar-refractivity contribution in [3.8, 4) is 0 Å². The maximum absolute atomic E-state index is 12.9. The highest BCUT2D eigenvalue weighted by atomic mass is 19.1. The molecule has 5 heteroatoms. The third-order valence-electron chi connectivity index (χ3n) is 3.88. The summed E-state index contributed by atoms with van der Waals surface area (Å²) in [6.45, 7) is 1.97. The highest BCUT2D eigenvalue weighted by Crippen LogP contribution is 2.21. The molecule has 3 aromatic rings. The Bertz CT molecular complexity index is 897. The summed E-state index contributed by atoms with van der Waals surface area (Å²) in [6, 6.07) is 13.5. The molecular weight excluding hydrogens is 307 g/mol. The zero-order valence-electron chi connectivity index (χ0n) is 13.3. The van der Waals surface area contributed by atoms with Crippen LogP contribution in [0.3, 0.4) is 0 Å². The second-order valence-electron chi connectivity index (χ2n) is 5.65. The Morgan fingerprint density at radius 3 is 2.50 bits per heavy atom. The topological polar surface area (TPSA) is 51.1 Å². The van der Waals surface area contributed by atoms with Crippen molar-refractivity contribution in [2.75, 3.05) is 0 Å². The number of nitrogens with zero attached hydrogens (tertiary/aromatic N) is 1. The molecule has 0 unspecified atom stereocenters. The molecule has 0 atom stereocenters. The number of ketones is 1. The SMILES string of the molecule is CC(=O)c1cn(CC(=O)NCc2ccc(F)cc2)c2ccccc12. The molecule has 2 aromatic carbocycles. The third kappa shape index (κ3) is 3.35. The first-order valence-electron chi connectivity index (χ1n) is 7.64. The van der Waals surface area contributed by atoms with Gasteiger partial charge < -0.3 is 9.88 Å². The quantitative estimate of drug-likeness (QED) is 0.732. The lowest BCUT2D eigenvalue weighted by atomic mass is 10.1. The Kier molecular flexibility index (Phi) is 4.42. The standard InChI is InChI=1S/C19H17FN2O2/c1-13(23)17-11-22(18-5-3-2-4-16(17)18)12-19(24)21-10-14-6-8-15(20)9-7-14/h2-9,11H,10,12H2,1H3,(H,21,24). The van der Waals surface area contributed by atoms with Crippen molar-refractivity contribution < 1.29 is 14.0 Å². The Labute approximate surface area is 138 Å². The number of carbonyl (C=O) groups is 2. The van der Waals surface area contributed by atoms with Crippen molar-refractivity contribution in [2.45, 2.75) is 20.0 Å². The molecule has 1 heterocycles. The van der Waals surface area contributed by atoms with Gasteiger partial charge in [-0.15, -0.1) is 0 Å². The molecule has 1 N–H and O–H groups in total. The van der Waals surface area contributed by atoms with Gasteiger partial charge in [0.2, 0.25) is 5.91 Å². The maximum atomic E-state index is 12.9. The van der Waals surface area contributed by atoms with Gasteiger partial charge in [-0.1, -0.05) is 30.3 Å². The van der Waals surface area contributed by atoms with Gasteiger partial charge >= 0.3 is 0 Å². The average Bonchev–Trinajstić information content (AvgIpc) is 2.93. The fraction of sp³-hybridized carbons (Fsp3) is 0.158. The Hall–Kier alpha value is -2.95. The number of nitrogens with one attached hydrogen (secondary N) is 1. The fourth-order valence-electron chi connectivity index (χ4n) is 2.67. The zero-order valence-corrected chi connectivity index (χ0v) is 13.3. The monoisotopic (exact) mass is 324 g/mol. The van der Waals surface area contributed by atoms with Crippen molar-refractivity contribution in [2.24, 2.45) is 0 Å². The molecule has 0 radical (unpaired) electrons. The van der Waals surface area contributed by atoms with Crippen LogP contribution in [0.25, 0.3) is 10.9 Å². The van der Waals surface area contributed by atoms with Crippen molar-refractivity contribution in [3.63, 3.8) is 0 Å². The molecule has 3 rings (SSSR count).